The van der Waals surface area contributed by atoms with Crippen molar-refractivity contribution in [2.45, 2.75) is 25.3 Å². The first-order valence-corrected chi connectivity index (χ1v) is 10.5. The molecule has 0 unspecified atom stereocenters. The Hall–Kier alpha value is -1.64. The van der Waals surface area contributed by atoms with Crippen molar-refractivity contribution in [3.05, 3.63) is 30.2 Å². The van der Waals surface area contributed by atoms with E-state index in [1.807, 2.05) is 28.8 Å². The molecule has 0 aromatic carbocycles. The summed E-state index contributed by atoms with van der Waals surface area (Å²) in [6, 6.07) is 5.60. The van der Waals surface area contributed by atoms with Crippen LogP contribution in [0, 0.1) is 5.92 Å². The molecule has 0 spiro atoms. The molecule has 2 N–H and O–H groups in total. The number of aromatic nitrogens is 3. The molecule has 3 rings (SSSR count). The number of nitrogens with one attached hydrogen (secondary N) is 2. The lowest BCUT2D eigenvalue weighted by atomic mass is 10.0. The summed E-state index contributed by atoms with van der Waals surface area (Å²) >= 11 is 1.75. The minimum absolute atomic E-state index is 0.0863. The van der Waals surface area contributed by atoms with Crippen LogP contribution in [-0.2, 0) is 9.53 Å². The van der Waals surface area contributed by atoms with E-state index in [0.717, 1.165) is 43.2 Å². The number of hydrogen-bond acceptors (Lipinski definition) is 6. The third-order valence-corrected chi connectivity index (χ3v) is 5.23. The Balaban J connectivity index is 1.56. The molecule has 2 aromatic heterocycles. The fraction of sp³-hybridized carbons (Fsp3) is 0.611. The van der Waals surface area contributed by atoms with Crippen LogP contribution in [0.4, 0.5) is 0 Å². The van der Waals surface area contributed by atoms with E-state index in [0.29, 0.717) is 12.5 Å². The minimum Gasteiger partial charge on any atom is -0.371 e. The lowest BCUT2D eigenvalue weighted by Crippen LogP contribution is -2.35. The molecule has 0 saturated carbocycles. The first-order valence-electron chi connectivity index (χ1n) is 9.14. The van der Waals surface area contributed by atoms with Crippen molar-refractivity contribution < 1.29 is 9.53 Å². The van der Waals surface area contributed by atoms with Gasteiger partial charge in [0.25, 0.3) is 0 Å². The standard InChI is InChI=1S/C18H27N5O2S/c1-26-10-7-15(18-22-21-16-6-2-3-9-23(16)18)20-17(24)13-25-12-14-5-4-8-19-11-14/h2-3,6,9,14-15,19H,4-5,7-8,10-13H2,1H3,(H,20,24)/t14-,15+/m0/s1. The molecule has 7 nitrogen and oxygen atoms in total. The monoisotopic (exact) mass is 377 g/mol. The molecule has 2 aromatic rings. The van der Waals surface area contributed by atoms with E-state index in [2.05, 4.69) is 27.1 Å². The largest absolute Gasteiger partial charge is 0.371 e. The van der Waals surface area contributed by atoms with Crippen LogP contribution in [0.1, 0.15) is 31.1 Å². The lowest BCUT2D eigenvalue weighted by molar-refractivity contribution is -0.127. The molecule has 0 aliphatic carbocycles. The lowest BCUT2D eigenvalue weighted by Gasteiger charge is -2.22. The maximum atomic E-state index is 12.4. The van der Waals surface area contributed by atoms with Gasteiger partial charge in [-0.3, -0.25) is 9.20 Å². The summed E-state index contributed by atoms with van der Waals surface area (Å²) in [6.07, 6.45) is 7.13. The maximum absolute atomic E-state index is 12.4. The summed E-state index contributed by atoms with van der Waals surface area (Å²) < 4.78 is 7.58. The summed E-state index contributed by atoms with van der Waals surface area (Å²) in [5, 5.41) is 14.9. The maximum Gasteiger partial charge on any atom is 0.246 e. The van der Waals surface area contributed by atoms with Crippen LogP contribution in [0.15, 0.2) is 24.4 Å². The molecule has 2 atom stereocenters. The highest BCUT2D eigenvalue weighted by atomic mass is 32.2. The van der Waals surface area contributed by atoms with Crippen LogP contribution >= 0.6 is 11.8 Å². The van der Waals surface area contributed by atoms with Crippen LogP contribution in [0.25, 0.3) is 5.65 Å². The predicted octanol–water partition coefficient (Wildman–Crippen LogP) is 1.66. The Morgan fingerprint density at radius 1 is 1.50 bits per heavy atom. The van der Waals surface area contributed by atoms with Gasteiger partial charge in [0.15, 0.2) is 11.5 Å². The van der Waals surface area contributed by atoms with E-state index in [1.54, 1.807) is 11.8 Å². The Morgan fingerprint density at radius 2 is 2.42 bits per heavy atom. The van der Waals surface area contributed by atoms with Crippen molar-refractivity contribution in [1.29, 1.82) is 0 Å². The van der Waals surface area contributed by atoms with Crippen LogP contribution in [0.2, 0.25) is 0 Å². The van der Waals surface area contributed by atoms with Gasteiger partial charge in [0.2, 0.25) is 5.91 Å². The van der Waals surface area contributed by atoms with Gasteiger partial charge in [-0.15, -0.1) is 10.2 Å². The van der Waals surface area contributed by atoms with Crippen molar-refractivity contribution in [3.63, 3.8) is 0 Å². The Labute approximate surface area is 158 Å². The van der Waals surface area contributed by atoms with E-state index in [4.69, 9.17) is 4.74 Å². The number of carbonyl (C=O) groups is 1. The number of thioether (sulfide) groups is 1. The molecule has 26 heavy (non-hydrogen) atoms. The number of hydrogen-bond donors (Lipinski definition) is 2. The van der Waals surface area contributed by atoms with Crippen LogP contribution in [-0.4, -0.2) is 58.8 Å². The summed E-state index contributed by atoms with van der Waals surface area (Å²) in [7, 11) is 0. The Kier molecular flexibility index (Phi) is 7.28. The number of carbonyl (C=O) groups excluding carboxylic acids is 1. The number of amides is 1. The van der Waals surface area contributed by atoms with Crippen LogP contribution in [0.5, 0.6) is 0 Å². The molecule has 0 radical (unpaired) electrons. The first kappa shape index (κ1) is 19.1. The zero-order valence-corrected chi connectivity index (χ0v) is 16.0. The smallest absolute Gasteiger partial charge is 0.246 e. The topological polar surface area (TPSA) is 80.5 Å². The summed E-state index contributed by atoms with van der Waals surface area (Å²) in [4.78, 5) is 12.4. The number of ether oxygens (including phenoxy) is 1. The van der Waals surface area contributed by atoms with E-state index in [-0.39, 0.29) is 18.6 Å². The second-order valence-corrected chi connectivity index (χ2v) is 7.60. The highest BCUT2D eigenvalue weighted by molar-refractivity contribution is 7.98. The molecule has 3 heterocycles. The van der Waals surface area contributed by atoms with Crippen molar-refractivity contribution in [1.82, 2.24) is 25.2 Å². The highest BCUT2D eigenvalue weighted by Gasteiger charge is 2.20. The predicted molar refractivity (Wildman–Crippen MR) is 103 cm³/mol. The molecular weight excluding hydrogens is 350 g/mol. The van der Waals surface area contributed by atoms with Gasteiger partial charge >= 0.3 is 0 Å². The van der Waals surface area contributed by atoms with Gasteiger partial charge in [0.1, 0.15) is 6.61 Å². The Bertz CT molecular complexity index is 702. The van der Waals surface area contributed by atoms with Crippen LogP contribution in [0.3, 0.4) is 0 Å². The molecule has 142 valence electrons. The molecule has 8 heteroatoms. The fourth-order valence-electron chi connectivity index (χ4n) is 3.22. The molecule has 1 aliphatic rings. The van der Waals surface area contributed by atoms with E-state index >= 15 is 0 Å². The van der Waals surface area contributed by atoms with E-state index in [1.165, 1.54) is 6.42 Å². The molecule has 1 fully saturated rings. The zero-order chi connectivity index (χ0) is 18.2. The molecule has 1 saturated heterocycles. The number of piperidine rings is 1. The fourth-order valence-corrected chi connectivity index (χ4v) is 3.69. The first-order chi connectivity index (χ1) is 12.8. The average molecular weight is 378 g/mol. The number of fused-ring (bicyclic) bond motifs is 1. The number of pyridine rings is 1. The van der Waals surface area contributed by atoms with Gasteiger partial charge < -0.3 is 15.4 Å². The van der Waals surface area contributed by atoms with Gasteiger partial charge in [-0.1, -0.05) is 6.07 Å². The zero-order valence-electron chi connectivity index (χ0n) is 15.2. The molecule has 0 bridgehead atoms. The van der Waals surface area contributed by atoms with Crippen LogP contribution < -0.4 is 10.6 Å². The van der Waals surface area contributed by atoms with Gasteiger partial charge in [0.05, 0.1) is 12.6 Å². The van der Waals surface area contributed by atoms with Gasteiger partial charge in [-0.25, -0.2) is 0 Å². The van der Waals surface area contributed by atoms with Crippen molar-refractivity contribution >= 4 is 23.3 Å². The highest BCUT2D eigenvalue weighted by Crippen LogP contribution is 2.18. The second kappa shape index (κ2) is 9.89. The SMILES string of the molecule is CSCC[C@@H](NC(=O)COC[C@H]1CCCNC1)c1nnc2ccccn12. The normalized spacial score (nSPS) is 18.7. The molecular formula is C18H27N5O2S. The molecule has 1 amide bonds. The number of nitrogens with zero attached hydrogens (tertiary/aromatic N) is 3. The third-order valence-electron chi connectivity index (χ3n) is 4.58. The Morgan fingerprint density at radius 3 is 3.23 bits per heavy atom. The summed E-state index contributed by atoms with van der Waals surface area (Å²) in [6.45, 7) is 2.77. The van der Waals surface area contributed by atoms with E-state index in [9.17, 15) is 4.79 Å². The quantitative estimate of drug-likeness (QED) is 0.692. The van der Waals surface area contributed by atoms with Crippen molar-refractivity contribution in [2.24, 2.45) is 5.92 Å². The van der Waals surface area contributed by atoms with Gasteiger partial charge in [-0.05, 0) is 55.9 Å². The second-order valence-electron chi connectivity index (χ2n) is 6.62. The van der Waals surface area contributed by atoms with Crippen molar-refractivity contribution in [3.8, 4) is 0 Å². The van der Waals surface area contributed by atoms with Gasteiger partial charge in [0, 0.05) is 12.7 Å². The minimum atomic E-state index is -0.174. The van der Waals surface area contributed by atoms with E-state index < -0.39 is 0 Å². The average Bonchev–Trinajstić information content (AvgIpc) is 3.10. The summed E-state index contributed by atoms with van der Waals surface area (Å²) in [5.41, 5.74) is 0.784. The molecule has 1 aliphatic heterocycles. The summed E-state index contributed by atoms with van der Waals surface area (Å²) in [5.74, 6) is 2.10. The van der Waals surface area contributed by atoms with Gasteiger partial charge in [-0.2, -0.15) is 11.8 Å². The third kappa shape index (κ3) is 5.18. The number of rotatable bonds is 9. The van der Waals surface area contributed by atoms with Crippen molar-refractivity contribution in [2.75, 3.05) is 38.3 Å².